The SMILES string of the molecule is CC(C)(C)c1ccc(N2c3cc(C(C)(C)C)cc4c3B3c5c2cc(C(C)(C)C)cc5N(c2ccc(C(C)(C)C)cc2)c2c3c(c3c5c2N(c2ccc(C(C)(C)C)cc2)c2cc(C(C)(C)C)cc6c2B5c2c(cc(C(C)(C)C)cc2N3c2ccc(C(C)(C)C)cc2)N6c2ccc(C(C)(C)C)cc2)N4c2ccc(C(C)(C)C)cc2)cc1. The first kappa shape index (κ1) is 77.0. The second-order valence-electron chi connectivity index (χ2n) is 44.6. The van der Waals surface area contributed by atoms with E-state index in [0.29, 0.717) is 0 Å². The molecule has 0 spiro atoms. The molecule has 0 saturated carbocycles. The van der Waals surface area contributed by atoms with Gasteiger partial charge in [-0.1, -0.05) is 281 Å². The minimum absolute atomic E-state index is 0.0546. The fraction of sp³-hybridized carbons (Fsp3) is 0.377. The van der Waals surface area contributed by atoms with Crippen molar-refractivity contribution >= 4 is 149 Å². The number of anilines is 18. The molecule has 0 radical (unpaired) electrons. The highest BCUT2D eigenvalue weighted by atomic mass is 15.3. The van der Waals surface area contributed by atoms with Crippen molar-refractivity contribution < 1.29 is 0 Å². The van der Waals surface area contributed by atoms with Gasteiger partial charge in [0.05, 0.1) is 22.7 Å². The zero-order valence-electron chi connectivity index (χ0n) is 74.3. The summed E-state index contributed by atoms with van der Waals surface area (Å²) in [6, 6.07) is 79.7. The molecular formula is C106H122B2N6. The zero-order valence-corrected chi connectivity index (χ0v) is 74.3. The van der Waals surface area contributed by atoms with Crippen LogP contribution in [0.15, 0.2) is 194 Å². The molecular weight excluding hydrogens is 1380 g/mol. The van der Waals surface area contributed by atoms with Crippen LogP contribution in [0.4, 0.5) is 102 Å². The van der Waals surface area contributed by atoms with Crippen molar-refractivity contribution in [3.8, 4) is 0 Å². The van der Waals surface area contributed by atoms with Crippen LogP contribution in [0.5, 0.6) is 0 Å². The van der Waals surface area contributed by atoms with Gasteiger partial charge in [0.2, 0.25) is 0 Å². The van der Waals surface area contributed by atoms with Gasteiger partial charge < -0.3 is 29.4 Å². The Morgan fingerprint density at radius 2 is 0.272 bits per heavy atom. The van der Waals surface area contributed by atoms with Gasteiger partial charge in [-0.3, -0.25) is 0 Å². The lowest BCUT2D eigenvalue weighted by Crippen LogP contribution is -2.69. The summed E-state index contributed by atoms with van der Waals surface area (Å²) in [5.41, 5.74) is 40.6. The van der Waals surface area contributed by atoms with Gasteiger partial charge in [-0.25, -0.2) is 0 Å². The lowest BCUT2D eigenvalue weighted by Gasteiger charge is -2.56. The van der Waals surface area contributed by atoms with Crippen LogP contribution in [0.3, 0.4) is 0 Å². The van der Waals surface area contributed by atoms with Crippen molar-refractivity contribution in [2.24, 2.45) is 0 Å². The third-order valence-electron chi connectivity index (χ3n) is 26.0. The van der Waals surface area contributed by atoms with E-state index in [-0.39, 0.29) is 67.6 Å². The van der Waals surface area contributed by atoms with E-state index in [1.165, 1.54) is 157 Å². The maximum Gasteiger partial charge on any atom is 0.257 e. The Balaban J connectivity index is 1.17. The fourth-order valence-corrected chi connectivity index (χ4v) is 19.0. The lowest BCUT2D eigenvalue weighted by molar-refractivity contribution is 0.589. The second-order valence-corrected chi connectivity index (χ2v) is 44.6. The van der Waals surface area contributed by atoms with Crippen molar-refractivity contribution in [2.75, 3.05) is 29.4 Å². The van der Waals surface area contributed by atoms with E-state index in [1.54, 1.807) is 0 Å². The first-order valence-electron chi connectivity index (χ1n) is 42.3. The lowest BCUT2D eigenvalue weighted by atomic mass is 9.28. The number of benzene rings is 11. The Hall–Kier alpha value is -9.65. The summed E-state index contributed by atoms with van der Waals surface area (Å²) in [5.74, 6) is 0. The molecule has 114 heavy (non-hydrogen) atoms. The second kappa shape index (κ2) is 24.9. The van der Waals surface area contributed by atoms with Gasteiger partial charge in [0, 0.05) is 79.6 Å². The summed E-state index contributed by atoms with van der Waals surface area (Å²) in [7, 11) is 0. The summed E-state index contributed by atoms with van der Waals surface area (Å²) in [6.07, 6.45) is 0. The first-order chi connectivity index (χ1) is 52.9. The number of nitrogens with zero attached hydrogens (tertiary/aromatic N) is 6. The highest BCUT2D eigenvalue weighted by Crippen LogP contribution is 2.63. The fourth-order valence-electron chi connectivity index (χ4n) is 19.0. The van der Waals surface area contributed by atoms with E-state index < -0.39 is 0 Å². The molecule has 0 saturated heterocycles. The van der Waals surface area contributed by atoms with Gasteiger partial charge in [0.1, 0.15) is 0 Å². The van der Waals surface area contributed by atoms with Crippen molar-refractivity contribution in [2.45, 2.75) is 262 Å². The van der Waals surface area contributed by atoms with E-state index >= 15 is 0 Å². The van der Waals surface area contributed by atoms with Crippen molar-refractivity contribution in [3.05, 3.63) is 250 Å². The van der Waals surface area contributed by atoms with Gasteiger partial charge in [-0.2, -0.15) is 0 Å². The smallest absolute Gasteiger partial charge is 0.257 e. The first-order valence-corrected chi connectivity index (χ1v) is 42.3. The Morgan fingerprint density at radius 3 is 0.404 bits per heavy atom. The maximum absolute atomic E-state index is 2.82. The average molecular weight is 1500 g/mol. The Labute approximate surface area is 685 Å². The summed E-state index contributed by atoms with van der Waals surface area (Å²) < 4.78 is 0. The molecule has 6 aliphatic rings. The largest absolute Gasteiger partial charge is 0.311 e. The molecule has 17 rings (SSSR count). The average Bonchev–Trinajstić information content (AvgIpc) is 0.645. The molecule has 11 aromatic rings. The third kappa shape index (κ3) is 12.1. The van der Waals surface area contributed by atoms with Crippen LogP contribution in [0.25, 0.3) is 0 Å². The molecule has 0 bridgehead atoms. The van der Waals surface area contributed by atoms with Crippen LogP contribution in [-0.4, -0.2) is 13.4 Å². The quantitative estimate of drug-likeness (QED) is 0.153. The number of rotatable bonds is 6. The number of fused-ring (bicyclic) bond motifs is 2. The molecule has 8 heteroatoms. The Bertz CT molecular complexity index is 5100. The Morgan fingerprint density at radius 1 is 0.149 bits per heavy atom. The van der Waals surface area contributed by atoms with E-state index in [1.807, 2.05) is 0 Å². The van der Waals surface area contributed by atoms with Gasteiger partial charge >= 0.3 is 0 Å². The minimum Gasteiger partial charge on any atom is -0.311 e. The van der Waals surface area contributed by atoms with E-state index in [2.05, 4.69) is 431 Å². The van der Waals surface area contributed by atoms with Gasteiger partial charge in [0.25, 0.3) is 13.4 Å². The van der Waals surface area contributed by atoms with E-state index in [4.69, 9.17) is 0 Å². The predicted molar refractivity (Wildman–Crippen MR) is 498 cm³/mol. The summed E-state index contributed by atoms with van der Waals surface area (Å²) in [5, 5.41) is 0. The van der Waals surface area contributed by atoms with Crippen LogP contribution in [0, 0.1) is 0 Å². The molecule has 0 N–H and O–H groups in total. The minimum atomic E-state index is -0.279. The van der Waals surface area contributed by atoms with Gasteiger partial charge in [-0.15, -0.1) is 0 Å². The monoisotopic (exact) mass is 1500 g/mol. The highest BCUT2D eigenvalue weighted by Gasteiger charge is 2.59. The van der Waals surface area contributed by atoms with Gasteiger partial charge in [-0.05, 0) is 264 Å². The summed E-state index contributed by atoms with van der Waals surface area (Å²) >= 11 is 0. The van der Waals surface area contributed by atoms with Crippen molar-refractivity contribution in [3.63, 3.8) is 0 Å². The van der Waals surface area contributed by atoms with Crippen LogP contribution in [-0.2, 0) is 54.1 Å². The molecule has 0 amide bonds. The normalized spacial score (nSPS) is 15.1. The summed E-state index contributed by atoms with van der Waals surface area (Å²) in [4.78, 5) is 16.7. The third-order valence-corrected chi connectivity index (χ3v) is 26.0. The van der Waals surface area contributed by atoms with Gasteiger partial charge in [0.15, 0.2) is 0 Å². The molecule has 582 valence electrons. The molecule has 0 atom stereocenters. The molecule has 0 fully saturated rings. The standard InChI is InChI=1S/C106H122B2N6/c1-97(2,3)63-31-43-73(44-32-63)109-79-55-69(103(19,20)21)59-83-87(79)107-88-80(109)56-70(104(22,23)24)60-84(88)112(76-49-37-66(38-50-76)100(10,11)12)94-91(107)93(111(83)75-47-35-65(36-48-75)99(7,8)9)95-92-96(94)114(78-53-41-68(42-54-78)102(16,17)18)86-62-72(106(28,29)30)58-82-90(86)108(92)89-81(110(82)74-45-33-64(34-46-74)98(4,5)6)57-71(105(25,26)27)61-85(89)113(95)77-51-39-67(40-52-77)101(13,14)15/h31-62H,1-30H3. The van der Waals surface area contributed by atoms with Crippen LogP contribution in [0.1, 0.15) is 263 Å². The maximum atomic E-state index is 2.82. The number of hydrogen-bond acceptors (Lipinski definition) is 6. The molecule has 0 aliphatic carbocycles. The van der Waals surface area contributed by atoms with E-state index in [0.717, 1.165) is 34.1 Å². The highest BCUT2D eigenvalue weighted by molar-refractivity contribution is 7.06. The Kier molecular flexibility index (Phi) is 16.8. The molecule has 6 aliphatic heterocycles. The van der Waals surface area contributed by atoms with Crippen LogP contribution >= 0.6 is 0 Å². The van der Waals surface area contributed by atoms with E-state index in [9.17, 15) is 0 Å². The number of hydrogen-bond donors (Lipinski definition) is 0. The molecule has 0 aromatic heterocycles. The van der Waals surface area contributed by atoms with Crippen molar-refractivity contribution in [1.29, 1.82) is 0 Å². The van der Waals surface area contributed by atoms with Crippen molar-refractivity contribution in [1.82, 2.24) is 0 Å². The van der Waals surface area contributed by atoms with Crippen LogP contribution in [0.2, 0.25) is 0 Å². The zero-order chi connectivity index (χ0) is 81.9. The molecule has 0 unspecified atom stereocenters. The molecule has 6 heterocycles. The molecule has 6 nitrogen and oxygen atoms in total. The topological polar surface area (TPSA) is 19.4 Å². The molecule has 11 aromatic carbocycles. The predicted octanol–water partition coefficient (Wildman–Crippen LogP) is 26.4. The summed E-state index contributed by atoms with van der Waals surface area (Å²) in [6.45, 7) is 70.9. The van der Waals surface area contributed by atoms with Crippen LogP contribution < -0.4 is 62.2 Å².